The Balaban J connectivity index is 1.57. The van der Waals surface area contributed by atoms with Crippen LogP contribution in [0.25, 0.3) is 16.9 Å². The highest BCUT2D eigenvalue weighted by molar-refractivity contribution is 5.89. The monoisotopic (exact) mass is 488 g/mol. The predicted molar refractivity (Wildman–Crippen MR) is 149 cm³/mol. The molecule has 6 nitrogen and oxygen atoms in total. The van der Waals surface area contributed by atoms with E-state index in [4.69, 9.17) is 19.7 Å². The summed E-state index contributed by atoms with van der Waals surface area (Å²) >= 11 is 0. The fraction of sp³-hybridized carbons (Fsp3) is 0.0968. The summed E-state index contributed by atoms with van der Waals surface area (Å²) in [5, 5.41) is 11.8. The molecule has 0 aliphatic carbocycles. The lowest BCUT2D eigenvalue weighted by Crippen LogP contribution is -2.16. The summed E-state index contributed by atoms with van der Waals surface area (Å²) in [5.74, 6) is 1.31. The van der Waals surface area contributed by atoms with Crippen molar-refractivity contribution in [3.63, 3.8) is 0 Å². The average molecular weight is 489 g/mol. The Morgan fingerprint density at radius 3 is 2.11 bits per heavy atom. The minimum absolute atomic E-state index is 0.639. The number of para-hydroxylation sites is 2. The van der Waals surface area contributed by atoms with Crippen molar-refractivity contribution in [2.24, 2.45) is 5.10 Å². The van der Waals surface area contributed by atoms with Crippen molar-refractivity contribution in [3.05, 3.63) is 127 Å². The lowest BCUT2D eigenvalue weighted by Gasteiger charge is -2.19. The van der Waals surface area contributed by atoms with Gasteiger partial charge in [-0.2, -0.15) is 10.2 Å². The molecular formula is C31H28N4O2. The standard InChI is InChI=1S/C31H28N4O2/c1-36-29-19-18-25(20-30(29)37-2)31-26(23-35(33-31)28-16-10-5-11-17-28)21-32-34(27-14-8-4-9-15-27)22-24-12-6-3-7-13-24/h3-21,23H,22H2,1-2H3/b32-21-. The van der Waals surface area contributed by atoms with E-state index in [2.05, 4.69) is 24.3 Å². The summed E-state index contributed by atoms with van der Waals surface area (Å²) in [4.78, 5) is 0. The summed E-state index contributed by atoms with van der Waals surface area (Å²) < 4.78 is 12.9. The third-order valence-electron chi connectivity index (χ3n) is 5.99. The van der Waals surface area contributed by atoms with Crippen LogP contribution in [0.1, 0.15) is 11.1 Å². The van der Waals surface area contributed by atoms with Crippen molar-refractivity contribution < 1.29 is 9.47 Å². The number of anilines is 1. The Labute approximate surface area is 217 Å². The normalized spacial score (nSPS) is 11.0. The topological polar surface area (TPSA) is 51.9 Å². The minimum Gasteiger partial charge on any atom is -0.493 e. The van der Waals surface area contributed by atoms with Crippen molar-refractivity contribution in [3.8, 4) is 28.4 Å². The van der Waals surface area contributed by atoms with E-state index in [1.54, 1.807) is 14.2 Å². The Hall–Kier alpha value is -4.84. The highest BCUT2D eigenvalue weighted by Gasteiger charge is 2.15. The van der Waals surface area contributed by atoms with Crippen LogP contribution in [0.4, 0.5) is 5.69 Å². The van der Waals surface area contributed by atoms with Crippen molar-refractivity contribution >= 4 is 11.9 Å². The van der Waals surface area contributed by atoms with Crippen LogP contribution in [0.15, 0.2) is 120 Å². The van der Waals surface area contributed by atoms with E-state index in [0.717, 1.165) is 28.2 Å². The highest BCUT2D eigenvalue weighted by Crippen LogP contribution is 2.33. The Morgan fingerprint density at radius 1 is 0.784 bits per heavy atom. The zero-order valence-corrected chi connectivity index (χ0v) is 20.9. The molecular weight excluding hydrogens is 460 g/mol. The summed E-state index contributed by atoms with van der Waals surface area (Å²) in [6.45, 7) is 0.639. The smallest absolute Gasteiger partial charge is 0.161 e. The van der Waals surface area contributed by atoms with Crippen LogP contribution < -0.4 is 14.5 Å². The zero-order valence-electron chi connectivity index (χ0n) is 20.9. The fourth-order valence-corrected chi connectivity index (χ4v) is 4.09. The fourth-order valence-electron chi connectivity index (χ4n) is 4.09. The third kappa shape index (κ3) is 5.54. The first-order valence-electron chi connectivity index (χ1n) is 12.0. The second-order valence-electron chi connectivity index (χ2n) is 8.41. The second-order valence-corrected chi connectivity index (χ2v) is 8.41. The molecule has 0 atom stereocenters. The van der Waals surface area contributed by atoms with E-state index in [9.17, 15) is 0 Å². The molecule has 0 unspecified atom stereocenters. The number of methoxy groups -OCH3 is 2. The first-order valence-corrected chi connectivity index (χ1v) is 12.0. The number of hydrogen-bond donors (Lipinski definition) is 0. The molecule has 6 heteroatoms. The lowest BCUT2D eigenvalue weighted by atomic mass is 10.1. The van der Waals surface area contributed by atoms with Gasteiger partial charge in [0.15, 0.2) is 11.5 Å². The number of benzene rings is 4. The molecule has 4 aromatic carbocycles. The van der Waals surface area contributed by atoms with Crippen LogP contribution in [-0.2, 0) is 6.54 Å². The summed E-state index contributed by atoms with van der Waals surface area (Å²) in [7, 11) is 3.26. The summed E-state index contributed by atoms with van der Waals surface area (Å²) in [6, 6.07) is 36.3. The van der Waals surface area contributed by atoms with Crippen molar-refractivity contribution in [1.82, 2.24) is 9.78 Å². The number of hydrazone groups is 1. The minimum atomic E-state index is 0.639. The van der Waals surface area contributed by atoms with E-state index >= 15 is 0 Å². The quantitative estimate of drug-likeness (QED) is 0.173. The molecule has 0 bridgehead atoms. The molecule has 0 amide bonds. The van der Waals surface area contributed by atoms with E-state index < -0.39 is 0 Å². The van der Waals surface area contributed by atoms with Crippen molar-refractivity contribution in [2.45, 2.75) is 6.54 Å². The van der Waals surface area contributed by atoms with Gasteiger partial charge in [0.1, 0.15) is 5.69 Å². The van der Waals surface area contributed by atoms with Gasteiger partial charge >= 0.3 is 0 Å². The van der Waals surface area contributed by atoms with Gasteiger partial charge in [-0.1, -0.05) is 66.7 Å². The van der Waals surface area contributed by atoms with Gasteiger partial charge in [-0.3, -0.25) is 5.01 Å². The average Bonchev–Trinajstić information content (AvgIpc) is 3.40. The molecule has 0 aliphatic heterocycles. The maximum atomic E-state index is 5.55. The molecule has 0 fully saturated rings. The first-order chi connectivity index (χ1) is 18.2. The highest BCUT2D eigenvalue weighted by atomic mass is 16.5. The van der Waals surface area contributed by atoms with Crippen molar-refractivity contribution in [1.29, 1.82) is 0 Å². The van der Waals surface area contributed by atoms with Gasteiger partial charge in [0.05, 0.1) is 38.4 Å². The van der Waals surface area contributed by atoms with E-state index in [1.807, 2.05) is 107 Å². The molecule has 5 rings (SSSR count). The predicted octanol–water partition coefficient (Wildman–Crippen LogP) is 6.60. The molecule has 0 N–H and O–H groups in total. The SMILES string of the molecule is COc1ccc(-c2nn(-c3ccccc3)cc2/C=N\N(Cc2ccccc2)c2ccccc2)cc1OC. The van der Waals surface area contributed by atoms with Crippen molar-refractivity contribution in [2.75, 3.05) is 19.2 Å². The van der Waals surface area contributed by atoms with Gasteiger partial charge < -0.3 is 9.47 Å². The van der Waals surface area contributed by atoms with Gasteiger partial charge in [-0.05, 0) is 48.0 Å². The van der Waals surface area contributed by atoms with Gasteiger partial charge in [-0.25, -0.2) is 4.68 Å². The van der Waals surface area contributed by atoms with Gasteiger partial charge in [-0.15, -0.1) is 0 Å². The molecule has 0 saturated carbocycles. The van der Waals surface area contributed by atoms with Gasteiger partial charge in [0, 0.05) is 17.3 Å². The van der Waals surface area contributed by atoms with Crippen LogP contribution in [-0.4, -0.2) is 30.2 Å². The number of rotatable bonds is 9. The Kier molecular flexibility index (Phi) is 7.27. The molecule has 0 saturated heterocycles. The van der Waals surface area contributed by atoms with Crippen LogP contribution in [0.3, 0.4) is 0 Å². The molecule has 1 aromatic heterocycles. The molecule has 184 valence electrons. The van der Waals surface area contributed by atoms with Gasteiger partial charge in [0.2, 0.25) is 0 Å². The first kappa shape index (κ1) is 23.9. The molecule has 0 spiro atoms. The molecule has 0 radical (unpaired) electrons. The molecule has 0 aliphatic rings. The maximum Gasteiger partial charge on any atom is 0.161 e. The molecule has 5 aromatic rings. The number of hydrogen-bond acceptors (Lipinski definition) is 5. The van der Waals surface area contributed by atoms with E-state index in [0.29, 0.717) is 18.0 Å². The van der Waals surface area contributed by atoms with Gasteiger partial charge in [0.25, 0.3) is 0 Å². The summed E-state index contributed by atoms with van der Waals surface area (Å²) in [5.41, 5.74) is 5.72. The summed E-state index contributed by atoms with van der Waals surface area (Å²) in [6.07, 6.45) is 3.87. The number of aromatic nitrogens is 2. The Morgan fingerprint density at radius 2 is 1.43 bits per heavy atom. The van der Waals surface area contributed by atoms with Crippen LogP contribution in [0.2, 0.25) is 0 Å². The zero-order chi connectivity index (χ0) is 25.5. The third-order valence-corrected chi connectivity index (χ3v) is 5.99. The van der Waals surface area contributed by atoms with E-state index in [-0.39, 0.29) is 0 Å². The molecule has 37 heavy (non-hydrogen) atoms. The largest absolute Gasteiger partial charge is 0.493 e. The maximum absolute atomic E-state index is 5.55. The number of nitrogens with zero attached hydrogens (tertiary/aromatic N) is 4. The lowest BCUT2D eigenvalue weighted by molar-refractivity contribution is 0.355. The van der Waals surface area contributed by atoms with Crippen LogP contribution >= 0.6 is 0 Å². The van der Waals surface area contributed by atoms with Crippen LogP contribution in [0.5, 0.6) is 11.5 Å². The second kappa shape index (κ2) is 11.3. The molecule has 1 heterocycles. The Bertz CT molecular complexity index is 1470. The van der Waals surface area contributed by atoms with E-state index in [1.165, 1.54) is 5.56 Å². The number of ether oxygens (including phenoxy) is 2. The van der Waals surface area contributed by atoms with Crippen LogP contribution in [0, 0.1) is 0 Å².